The van der Waals surface area contributed by atoms with Gasteiger partial charge in [0.15, 0.2) is 0 Å². The number of carbonyl (C=O) groups excluding carboxylic acids is 1. The van der Waals surface area contributed by atoms with Gasteiger partial charge in [0.2, 0.25) is 0 Å². The SMILES string of the molecule is CCCc1cc(C(OCOC)(C(F)(F)F)C(F)(F)F)ccc1Oc1ccc(Cl)c(COC(=O)Nc2ccccc2)c1. The Balaban J connectivity index is 1.89. The van der Waals surface area contributed by atoms with E-state index in [4.69, 9.17) is 21.1 Å². The van der Waals surface area contributed by atoms with Crippen LogP contribution in [0.1, 0.15) is 30.0 Å². The Morgan fingerprint density at radius 2 is 1.59 bits per heavy atom. The molecule has 6 nitrogen and oxygen atoms in total. The molecule has 222 valence electrons. The van der Waals surface area contributed by atoms with Crippen LogP contribution >= 0.6 is 11.6 Å². The van der Waals surface area contributed by atoms with E-state index in [2.05, 4.69) is 14.8 Å². The number of hydrogen-bond donors (Lipinski definition) is 1. The molecule has 0 aliphatic rings. The van der Waals surface area contributed by atoms with Crippen molar-refractivity contribution in [2.75, 3.05) is 19.2 Å². The first-order valence-electron chi connectivity index (χ1n) is 12.2. The minimum Gasteiger partial charge on any atom is -0.457 e. The third-order valence-electron chi connectivity index (χ3n) is 5.80. The van der Waals surface area contributed by atoms with Crippen molar-refractivity contribution < 1.29 is 50.1 Å². The largest absolute Gasteiger partial charge is 0.457 e. The Kier molecular flexibility index (Phi) is 10.5. The number of nitrogens with one attached hydrogen (secondary N) is 1. The fourth-order valence-electron chi connectivity index (χ4n) is 3.92. The summed E-state index contributed by atoms with van der Waals surface area (Å²) in [6.45, 7) is 0.211. The van der Waals surface area contributed by atoms with E-state index in [0.29, 0.717) is 23.7 Å². The highest BCUT2D eigenvalue weighted by Crippen LogP contribution is 2.53. The fourth-order valence-corrected chi connectivity index (χ4v) is 4.09. The third-order valence-corrected chi connectivity index (χ3v) is 6.17. The second-order valence-corrected chi connectivity index (χ2v) is 9.13. The van der Waals surface area contributed by atoms with Crippen molar-refractivity contribution in [1.82, 2.24) is 0 Å². The number of para-hydroxylation sites is 1. The highest BCUT2D eigenvalue weighted by Gasteiger charge is 2.73. The predicted molar refractivity (Wildman–Crippen MR) is 139 cm³/mol. The average Bonchev–Trinajstić information content (AvgIpc) is 2.90. The predicted octanol–water partition coefficient (Wildman–Crippen LogP) is 8.77. The molecule has 0 bridgehead atoms. The van der Waals surface area contributed by atoms with Crippen LogP contribution in [0.2, 0.25) is 5.02 Å². The maximum Gasteiger partial charge on any atom is 0.430 e. The summed E-state index contributed by atoms with van der Waals surface area (Å²) < 4.78 is 104. The van der Waals surface area contributed by atoms with E-state index in [9.17, 15) is 31.1 Å². The summed E-state index contributed by atoms with van der Waals surface area (Å²) in [5.74, 6) is 0.187. The van der Waals surface area contributed by atoms with Crippen LogP contribution in [0.3, 0.4) is 0 Å². The molecular weight excluding hydrogens is 580 g/mol. The standard InChI is InChI=1S/C28H26ClF6NO5/c1-3-7-18-14-20(26(27(30,31)32,28(33,34)35)40-17-38-2)10-13-24(18)41-22-11-12-23(29)19(15-22)16-39-25(37)36-21-8-5-4-6-9-21/h4-6,8-15H,3,7,16-17H2,1-2H3,(H,36,37). The van der Waals surface area contributed by atoms with Crippen LogP contribution in [0.4, 0.5) is 36.8 Å². The molecular formula is C28H26ClF6NO5. The number of rotatable bonds is 11. The van der Waals surface area contributed by atoms with Crippen LogP contribution in [-0.2, 0) is 32.8 Å². The number of aryl methyl sites for hydroxylation is 1. The maximum absolute atomic E-state index is 14.0. The molecule has 0 radical (unpaired) electrons. The summed E-state index contributed by atoms with van der Waals surface area (Å²) in [6, 6.07) is 15.4. The van der Waals surface area contributed by atoms with Gasteiger partial charge in [-0.15, -0.1) is 0 Å². The molecule has 0 unspecified atom stereocenters. The molecule has 3 rings (SSSR count). The molecule has 0 aliphatic heterocycles. The van der Waals surface area contributed by atoms with Gasteiger partial charge in [-0.3, -0.25) is 5.32 Å². The quantitative estimate of drug-likeness (QED) is 0.175. The Hall–Kier alpha value is -3.48. The smallest absolute Gasteiger partial charge is 0.430 e. The summed E-state index contributed by atoms with van der Waals surface area (Å²) in [7, 11) is 0.915. The molecule has 0 saturated carbocycles. The Morgan fingerprint density at radius 1 is 0.902 bits per heavy atom. The summed E-state index contributed by atoms with van der Waals surface area (Å²) in [5, 5.41) is 2.79. The topological polar surface area (TPSA) is 66.0 Å². The molecule has 0 spiro atoms. The van der Waals surface area contributed by atoms with Crippen LogP contribution in [0, 0.1) is 0 Å². The van der Waals surface area contributed by atoms with Crippen molar-refractivity contribution in [3.63, 3.8) is 0 Å². The van der Waals surface area contributed by atoms with Crippen LogP contribution in [-0.4, -0.2) is 32.3 Å². The van der Waals surface area contributed by atoms with Crippen LogP contribution in [0.25, 0.3) is 0 Å². The summed E-state index contributed by atoms with van der Waals surface area (Å²) in [5.41, 5.74) is -4.84. The normalized spacial score (nSPS) is 12.2. The van der Waals surface area contributed by atoms with Crippen molar-refractivity contribution in [2.45, 2.75) is 44.3 Å². The molecule has 13 heteroatoms. The lowest BCUT2D eigenvalue weighted by Gasteiger charge is -2.37. The van der Waals surface area contributed by atoms with Crippen molar-refractivity contribution in [2.24, 2.45) is 0 Å². The number of methoxy groups -OCH3 is 1. The molecule has 0 saturated heterocycles. The molecule has 0 aliphatic carbocycles. The first kappa shape index (κ1) is 32.0. The number of carbonyl (C=O) groups is 1. The first-order chi connectivity index (χ1) is 19.3. The van der Waals surface area contributed by atoms with Gasteiger partial charge < -0.3 is 18.9 Å². The Bertz CT molecular complexity index is 1300. The average molecular weight is 606 g/mol. The van der Waals surface area contributed by atoms with E-state index < -0.39 is 36.4 Å². The summed E-state index contributed by atoms with van der Waals surface area (Å²) >= 11 is 6.22. The number of hydrogen-bond acceptors (Lipinski definition) is 5. The van der Waals surface area contributed by atoms with Crippen LogP contribution < -0.4 is 10.1 Å². The molecule has 41 heavy (non-hydrogen) atoms. The number of benzene rings is 3. The van der Waals surface area contributed by atoms with Gasteiger partial charge in [-0.05, 0) is 54.4 Å². The van der Waals surface area contributed by atoms with Gasteiger partial charge in [-0.1, -0.05) is 49.2 Å². The van der Waals surface area contributed by atoms with Gasteiger partial charge in [0, 0.05) is 28.9 Å². The minimum atomic E-state index is -5.85. The highest BCUT2D eigenvalue weighted by atomic mass is 35.5. The molecule has 0 heterocycles. The third kappa shape index (κ3) is 7.63. The molecule has 1 amide bonds. The second-order valence-electron chi connectivity index (χ2n) is 8.72. The second kappa shape index (κ2) is 13.5. The van der Waals surface area contributed by atoms with E-state index in [1.165, 1.54) is 18.2 Å². The maximum atomic E-state index is 14.0. The van der Waals surface area contributed by atoms with Gasteiger partial charge in [-0.2, -0.15) is 26.3 Å². The number of halogens is 7. The summed E-state index contributed by atoms with van der Waals surface area (Å²) in [6.07, 6.45) is -12.0. The minimum absolute atomic E-state index is 0.0246. The van der Waals surface area contributed by atoms with Gasteiger partial charge in [0.05, 0.1) is 0 Å². The summed E-state index contributed by atoms with van der Waals surface area (Å²) in [4.78, 5) is 12.1. The number of ether oxygens (including phenoxy) is 4. The van der Waals surface area contributed by atoms with Gasteiger partial charge >= 0.3 is 18.4 Å². The fraction of sp³-hybridized carbons (Fsp3) is 0.321. The number of alkyl halides is 6. The van der Waals surface area contributed by atoms with Gasteiger partial charge in [0.25, 0.3) is 5.60 Å². The lowest BCUT2D eigenvalue weighted by atomic mass is 9.89. The van der Waals surface area contributed by atoms with Crippen molar-refractivity contribution in [3.05, 3.63) is 88.4 Å². The zero-order valence-electron chi connectivity index (χ0n) is 21.9. The molecule has 0 aromatic heterocycles. The Labute approximate surface area is 237 Å². The zero-order chi connectivity index (χ0) is 30.3. The van der Waals surface area contributed by atoms with Crippen molar-refractivity contribution >= 4 is 23.4 Å². The molecule has 3 aromatic rings. The number of amides is 1. The first-order valence-corrected chi connectivity index (χ1v) is 12.5. The molecule has 0 atom stereocenters. The van der Waals surface area contributed by atoms with Crippen LogP contribution in [0.15, 0.2) is 66.7 Å². The van der Waals surface area contributed by atoms with Crippen LogP contribution in [0.5, 0.6) is 11.5 Å². The van der Waals surface area contributed by atoms with E-state index >= 15 is 0 Å². The number of anilines is 1. The van der Waals surface area contributed by atoms with E-state index in [1.54, 1.807) is 37.3 Å². The van der Waals surface area contributed by atoms with E-state index in [1.807, 2.05) is 0 Å². The molecule has 0 fully saturated rings. The van der Waals surface area contributed by atoms with E-state index in [-0.39, 0.29) is 35.1 Å². The lowest BCUT2D eigenvalue weighted by molar-refractivity contribution is -0.400. The van der Waals surface area contributed by atoms with E-state index in [0.717, 1.165) is 19.2 Å². The lowest BCUT2D eigenvalue weighted by Crippen LogP contribution is -2.56. The molecule has 1 N–H and O–H groups in total. The molecule has 3 aromatic carbocycles. The highest BCUT2D eigenvalue weighted by molar-refractivity contribution is 6.31. The van der Waals surface area contributed by atoms with Crippen molar-refractivity contribution in [1.29, 1.82) is 0 Å². The monoisotopic (exact) mass is 605 g/mol. The van der Waals surface area contributed by atoms with Crippen molar-refractivity contribution in [3.8, 4) is 11.5 Å². The van der Waals surface area contributed by atoms with Gasteiger partial charge in [0.1, 0.15) is 24.9 Å². The zero-order valence-corrected chi connectivity index (χ0v) is 22.6. The van der Waals surface area contributed by atoms with Gasteiger partial charge in [-0.25, -0.2) is 4.79 Å². The Morgan fingerprint density at radius 3 is 2.20 bits per heavy atom.